The van der Waals surface area contributed by atoms with E-state index in [1.165, 1.54) is 186 Å². The Balaban J connectivity index is 1.08. The van der Waals surface area contributed by atoms with Gasteiger partial charge in [-0.1, -0.05) is 255 Å². The maximum absolute atomic E-state index is 2.56. The number of rotatable bonds is 6. The van der Waals surface area contributed by atoms with Gasteiger partial charge < -0.3 is 0 Å². The molecule has 0 saturated carbocycles. The van der Waals surface area contributed by atoms with Crippen LogP contribution in [0.2, 0.25) is 0 Å². The Morgan fingerprint density at radius 2 is 0.423 bits per heavy atom. The quantitative estimate of drug-likeness (QED) is 0.146. The Labute approximate surface area is 450 Å². The molecule has 78 heavy (non-hydrogen) atoms. The fourth-order valence-corrected chi connectivity index (χ4v) is 14.6. The lowest BCUT2D eigenvalue weighted by Gasteiger charge is -2.22. The standard InChI is InChI=1S/C78H44/c1-4-13-45(14-5-1)63-43-65-66(44-64(63)46-15-6-2-7-16-46)77-73(47-17-8-3-9-18-47)75(61-41-35-55-29-26-49-20-11-23-52-32-38-58(61)71(55)68(49)52)76(62-42-36-56-30-27-50-21-12-24-53-33-39-59(62)72(56)69(50)53)78(77)74(65)60-40-34-54-28-25-48-19-10-22-51-31-37-57(60)70(54)67(48)51/h1-44H. The second kappa shape index (κ2) is 15.7. The van der Waals surface area contributed by atoms with Gasteiger partial charge in [-0.3, -0.25) is 0 Å². The molecule has 18 rings (SSSR count). The number of fused-ring (bicyclic) bond motifs is 3. The first-order chi connectivity index (χ1) is 38.7. The van der Waals surface area contributed by atoms with Gasteiger partial charge in [0.2, 0.25) is 0 Å². The fraction of sp³-hybridized carbons (Fsp3) is 0. The van der Waals surface area contributed by atoms with Crippen molar-refractivity contribution in [2.75, 3.05) is 0 Å². The lowest BCUT2D eigenvalue weighted by Crippen LogP contribution is -1.99. The summed E-state index contributed by atoms with van der Waals surface area (Å²) in [5, 5.41) is 23.1. The third-order valence-electron chi connectivity index (χ3n) is 17.8. The normalized spacial score (nSPS) is 13.7. The molecular weight excluding hydrogens is 937 g/mol. The van der Waals surface area contributed by atoms with Gasteiger partial charge in [-0.25, -0.2) is 0 Å². The van der Waals surface area contributed by atoms with Crippen molar-refractivity contribution in [2.24, 2.45) is 0 Å². The van der Waals surface area contributed by atoms with E-state index in [0.717, 1.165) is 0 Å². The van der Waals surface area contributed by atoms with E-state index < -0.39 is 0 Å². The van der Waals surface area contributed by atoms with Gasteiger partial charge in [0.15, 0.2) is 0 Å². The second-order valence-corrected chi connectivity index (χ2v) is 21.7. The molecule has 0 aromatic heterocycles. The molecule has 0 spiro atoms. The van der Waals surface area contributed by atoms with Crippen LogP contribution in [0.3, 0.4) is 0 Å². The highest BCUT2D eigenvalue weighted by Gasteiger charge is 2.42. The Kier molecular flexibility index (Phi) is 8.49. The van der Waals surface area contributed by atoms with Crippen LogP contribution in [0.15, 0.2) is 272 Å². The van der Waals surface area contributed by atoms with Gasteiger partial charge in [0.05, 0.1) is 0 Å². The van der Waals surface area contributed by atoms with Crippen molar-refractivity contribution in [3.63, 3.8) is 0 Å². The van der Waals surface area contributed by atoms with Crippen LogP contribution >= 0.6 is 0 Å². The molecule has 0 radical (unpaired) electrons. The van der Waals surface area contributed by atoms with Crippen LogP contribution < -0.4 is 0 Å². The topological polar surface area (TPSA) is 0 Å². The molecule has 16 aromatic rings. The zero-order valence-electron chi connectivity index (χ0n) is 42.4. The number of hydrogen-bond acceptors (Lipinski definition) is 0. The largest absolute Gasteiger partial charge is 0.0622 e. The molecule has 0 saturated heterocycles. The summed E-state index contributed by atoms with van der Waals surface area (Å²) in [6, 6.07) is 102. The summed E-state index contributed by atoms with van der Waals surface area (Å²) in [5.41, 5.74) is 20.0. The fourth-order valence-electron chi connectivity index (χ4n) is 14.6. The highest BCUT2D eigenvalue weighted by atomic mass is 14.4. The van der Waals surface area contributed by atoms with Gasteiger partial charge in [-0.05, 0) is 198 Å². The maximum Gasteiger partial charge on any atom is -0.0000926 e. The maximum atomic E-state index is 2.56. The minimum absolute atomic E-state index is 1.20. The number of benzene rings is 16. The van der Waals surface area contributed by atoms with Gasteiger partial charge in [0.1, 0.15) is 0 Å². The van der Waals surface area contributed by atoms with Crippen molar-refractivity contribution < 1.29 is 0 Å². The van der Waals surface area contributed by atoms with E-state index in [1.807, 2.05) is 0 Å². The summed E-state index contributed by atoms with van der Waals surface area (Å²) in [4.78, 5) is 0. The Bertz CT molecular complexity index is 5270. The summed E-state index contributed by atoms with van der Waals surface area (Å²) in [6.07, 6.45) is 0. The van der Waals surface area contributed by atoms with Gasteiger partial charge in [0.25, 0.3) is 0 Å². The smallest absolute Gasteiger partial charge is 0.0000926 e. The monoisotopic (exact) mass is 980 g/mol. The Hall–Kier alpha value is -10.1. The van der Waals surface area contributed by atoms with Crippen LogP contribution in [0.4, 0.5) is 0 Å². The summed E-state index contributed by atoms with van der Waals surface area (Å²) in [7, 11) is 0. The molecule has 0 heterocycles. The first kappa shape index (κ1) is 42.1. The van der Waals surface area contributed by atoms with Crippen LogP contribution in [0, 0.1) is 0 Å². The van der Waals surface area contributed by atoms with Gasteiger partial charge in [0, 0.05) is 0 Å². The minimum Gasteiger partial charge on any atom is -0.0622 e. The van der Waals surface area contributed by atoms with Gasteiger partial charge >= 0.3 is 0 Å². The first-order valence-corrected chi connectivity index (χ1v) is 27.3. The predicted octanol–water partition coefficient (Wildman–Crippen LogP) is 21.1. The highest BCUT2D eigenvalue weighted by Crippen LogP contribution is 2.64. The van der Waals surface area contributed by atoms with E-state index in [1.54, 1.807) is 0 Å². The van der Waals surface area contributed by atoms with Crippen molar-refractivity contribution in [1.29, 1.82) is 0 Å². The Morgan fingerprint density at radius 3 is 0.808 bits per heavy atom. The zero-order chi connectivity index (χ0) is 50.7. The van der Waals surface area contributed by atoms with Crippen LogP contribution in [-0.2, 0) is 0 Å². The molecule has 2 aliphatic carbocycles. The van der Waals surface area contributed by atoms with E-state index >= 15 is 0 Å². The van der Waals surface area contributed by atoms with E-state index in [-0.39, 0.29) is 0 Å². The van der Waals surface area contributed by atoms with Gasteiger partial charge in [-0.2, -0.15) is 0 Å². The van der Waals surface area contributed by atoms with E-state index in [2.05, 4.69) is 267 Å². The molecule has 356 valence electrons. The molecule has 0 bridgehead atoms. The highest BCUT2D eigenvalue weighted by molar-refractivity contribution is 6.43. The zero-order valence-corrected chi connectivity index (χ0v) is 42.4. The molecule has 0 unspecified atom stereocenters. The van der Waals surface area contributed by atoms with Crippen molar-refractivity contribution in [2.45, 2.75) is 0 Å². The molecule has 0 nitrogen and oxygen atoms in total. The third kappa shape index (κ3) is 5.68. The molecule has 2 aliphatic rings. The summed E-state index contributed by atoms with van der Waals surface area (Å²) in [6.45, 7) is 0. The molecular formula is C78H44. The number of hydrogen-bond donors (Lipinski definition) is 0. The third-order valence-corrected chi connectivity index (χ3v) is 17.8. The van der Waals surface area contributed by atoms with Gasteiger partial charge in [-0.15, -0.1) is 0 Å². The van der Waals surface area contributed by atoms with Crippen LogP contribution in [0.1, 0.15) is 33.4 Å². The van der Waals surface area contributed by atoms with Crippen LogP contribution in [-0.4, -0.2) is 0 Å². The van der Waals surface area contributed by atoms with E-state index in [0.29, 0.717) is 0 Å². The van der Waals surface area contributed by atoms with E-state index in [9.17, 15) is 0 Å². The predicted molar refractivity (Wildman–Crippen MR) is 334 cm³/mol. The molecule has 0 heteroatoms. The summed E-state index contributed by atoms with van der Waals surface area (Å²) < 4.78 is 0. The second-order valence-electron chi connectivity index (χ2n) is 21.7. The average Bonchev–Trinajstić information content (AvgIpc) is 3.63. The van der Waals surface area contributed by atoms with Crippen molar-refractivity contribution in [3.8, 4) is 22.3 Å². The number of allylic oxidation sites excluding steroid dienone is 5. The summed E-state index contributed by atoms with van der Waals surface area (Å²) in [5.74, 6) is 0. The average molecular weight is 981 g/mol. The molecule has 0 N–H and O–H groups in total. The summed E-state index contributed by atoms with van der Waals surface area (Å²) >= 11 is 0. The lowest BCUT2D eigenvalue weighted by molar-refractivity contribution is 1.53. The Morgan fingerprint density at radius 1 is 0.141 bits per heavy atom. The SMILES string of the molecule is c1ccc(C2=C3C(=C(c4ccc5ccc6cccc7ccc4c5c67)c4cc(-c5ccccc5)c(-c5ccccc5)cc43)C(c3ccc4ccc5cccc6ccc3c4c56)=C2c2ccc3ccc4cccc5ccc2c3c45)cc1. The molecule has 0 aliphatic heterocycles. The van der Waals surface area contributed by atoms with Crippen LogP contribution in [0.25, 0.3) is 147 Å². The van der Waals surface area contributed by atoms with E-state index in [4.69, 9.17) is 0 Å². The minimum atomic E-state index is 1.20. The molecule has 0 fully saturated rings. The molecule has 0 amide bonds. The first-order valence-electron chi connectivity index (χ1n) is 27.3. The van der Waals surface area contributed by atoms with Crippen LogP contribution in [0.5, 0.6) is 0 Å². The molecule has 16 aromatic carbocycles. The van der Waals surface area contributed by atoms with Crippen molar-refractivity contribution in [1.82, 2.24) is 0 Å². The van der Waals surface area contributed by atoms with Crippen molar-refractivity contribution >= 4 is 125 Å². The van der Waals surface area contributed by atoms with Crippen molar-refractivity contribution in [3.05, 3.63) is 306 Å². The molecule has 0 atom stereocenters. The lowest BCUT2D eigenvalue weighted by atomic mass is 9.80.